The lowest BCUT2D eigenvalue weighted by atomic mass is 10.1. The summed E-state index contributed by atoms with van der Waals surface area (Å²) in [6.45, 7) is 12.0. The van der Waals surface area contributed by atoms with Crippen LogP contribution in [0.25, 0.3) is 0 Å². The first-order chi connectivity index (χ1) is 16.5. The molecule has 1 aliphatic heterocycles. The zero-order valence-electron chi connectivity index (χ0n) is 21.6. The molecule has 0 saturated carbocycles. The van der Waals surface area contributed by atoms with Crippen LogP contribution in [0.2, 0.25) is 0 Å². The maximum Gasteiger partial charge on any atom is 0.321 e. The fourth-order valence-electron chi connectivity index (χ4n) is 4.24. The van der Waals surface area contributed by atoms with Gasteiger partial charge in [-0.05, 0) is 38.3 Å². The highest BCUT2D eigenvalue weighted by Crippen LogP contribution is 2.33. The number of urea groups is 1. The van der Waals surface area contributed by atoms with Crippen molar-refractivity contribution in [1.29, 1.82) is 0 Å². The molecule has 194 valence electrons. The number of carbonyl (C=O) groups excluding carboxylic acids is 1. The van der Waals surface area contributed by atoms with Crippen LogP contribution >= 0.6 is 23.5 Å². The number of amides is 2. The van der Waals surface area contributed by atoms with E-state index in [-0.39, 0.29) is 12.6 Å². The van der Waals surface area contributed by atoms with Crippen LogP contribution in [0.15, 0.2) is 16.0 Å². The molecule has 1 aromatic heterocycles. The summed E-state index contributed by atoms with van der Waals surface area (Å²) in [6.07, 6.45) is 10.8. The number of aromatic nitrogens is 1. The molecule has 0 radical (unpaired) electrons. The van der Waals surface area contributed by atoms with Gasteiger partial charge in [-0.3, -0.25) is 4.90 Å². The van der Waals surface area contributed by atoms with Gasteiger partial charge in [-0.25, -0.2) is 9.78 Å². The van der Waals surface area contributed by atoms with Crippen molar-refractivity contribution in [2.24, 2.45) is 0 Å². The standard InChI is InChI=1S/C25H45N5O2S2/c1-5-6-7-8-9-12-30(18-17-29-15-13-28(14-16-29)11-10-19-31)25(32)27-23-22(33-3)20-21(2)26-24(23)34-4/h20,31H,5-19H2,1-4H3,(H,27,32). The normalized spacial score (nSPS) is 15.0. The number of carbonyl (C=O) groups is 1. The predicted octanol–water partition coefficient (Wildman–Crippen LogP) is 4.64. The van der Waals surface area contributed by atoms with Gasteiger partial charge < -0.3 is 20.2 Å². The van der Waals surface area contributed by atoms with Gasteiger partial charge in [-0.2, -0.15) is 0 Å². The monoisotopic (exact) mass is 511 g/mol. The highest BCUT2D eigenvalue weighted by molar-refractivity contribution is 7.99. The minimum Gasteiger partial charge on any atom is -0.396 e. The largest absolute Gasteiger partial charge is 0.396 e. The Hall–Kier alpha value is -1.00. The van der Waals surface area contributed by atoms with Gasteiger partial charge in [0.2, 0.25) is 0 Å². The van der Waals surface area contributed by atoms with Crippen LogP contribution in [0.3, 0.4) is 0 Å². The summed E-state index contributed by atoms with van der Waals surface area (Å²) in [5.74, 6) is 0. The second-order valence-corrected chi connectivity index (χ2v) is 10.6. The fraction of sp³-hybridized carbons (Fsp3) is 0.760. The van der Waals surface area contributed by atoms with Crippen LogP contribution in [0.4, 0.5) is 10.5 Å². The van der Waals surface area contributed by atoms with Gasteiger partial charge >= 0.3 is 6.03 Å². The van der Waals surface area contributed by atoms with E-state index in [1.807, 2.05) is 30.4 Å². The van der Waals surface area contributed by atoms with Crippen molar-refractivity contribution in [3.8, 4) is 0 Å². The van der Waals surface area contributed by atoms with Crippen LogP contribution < -0.4 is 5.32 Å². The molecule has 2 amide bonds. The third-order valence-corrected chi connectivity index (χ3v) is 7.77. The zero-order chi connectivity index (χ0) is 24.8. The molecule has 1 fully saturated rings. The van der Waals surface area contributed by atoms with Crippen LogP contribution in [0.1, 0.15) is 51.1 Å². The number of thioether (sulfide) groups is 2. The molecule has 2 heterocycles. The molecular weight excluding hydrogens is 466 g/mol. The van der Waals surface area contributed by atoms with Crippen LogP contribution in [0, 0.1) is 6.92 Å². The van der Waals surface area contributed by atoms with Crippen molar-refractivity contribution in [3.05, 3.63) is 11.8 Å². The third-order valence-electron chi connectivity index (χ3n) is 6.33. The Kier molecular flexibility index (Phi) is 14.3. The topological polar surface area (TPSA) is 71.9 Å². The maximum atomic E-state index is 13.4. The second-order valence-electron chi connectivity index (χ2n) is 8.94. The van der Waals surface area contributed by atoms with Crippen LogP contribution in [0.5, 0.6) is 0 Å². The van der Waals surface area contributed by atoms with Gasteiger partial charge in [0.1, 0.15) is 5.03 Å². The molecule has 1 aliphatic rings. The van der Waals surface area contributed by atoms with E-state index >= 15 is 0 Å². The first-order valence-corrected chi connectivity index (χ1v) is 15.2. The number of nitrogens with zero attached hydrogens (tertiary/aromatic N) is 4. The Morgan fingerprint density at radius 1 is 1.03 bits per heavy atom. The fourth-order valence-corrected chi connectivity index (χ4v) is 5.54. The molecule has 7 nitrogen and oxygen atoms in total. The van der Waals surface area contributed by atoms with Crippen molar-refractivity contribution >= 4 is 35.2 Å². The van der Waals surface area contributed by atoms with Gasteiger partial charge in [0, 0.05) is 69.6 Å². The number of anilines is 1. The molecule has 1 saturated heterocycles. The molecule has 2 N–H and O–H groups in total. The Morgan fingerprint density at radius 3 is 2.32 bits per heavy atom. The van der Waals surface area contributed by atoms with E-state index in [1.54, 1.807) is 23.5 Å². The van der Waals surface area contributed by atoms with Crippen LogP contribution in [-0.4, -0.2) is 102 Å². The number of pyridine rings is 1. The molecule has 0 unspecified atom stereocenters. The van der Waals surface area contributed by atoms with Crippen molar-refractivity contribution in [1.82, 2.24) is 19.7 Å². The molecule has 9 heteroatoms. The van der Waals surface area contributed by atoms with Gasteiger partial charge in [-0.15, -0.1) is 23.5 Å². The average molecular weight is 512 g/mol. The Morgan fingerprint density at radius 2 is 1.71 bits per heavy atom. The lowest BCUT2D eigenvalue weighted by molar-refractivity contribution is 0.116. The average Bonchev–Trinajstić information content (AvgIpc) is 2.85. The minimum atomic E-state index is -0.0201. The Bertz CT molecular complexity index is 704. The van der Waals surface area contributed by atoms with Crippen molar-refractivity contribution < 1.29 is 9.90 Å². The summed E-state index contributed by atoms with van der Waals surface area (Å²) < 4.78 is 0. The summed E-state index contributed by atoms with van der Waals surface area (Å²) in [4.78, 5) is 26.0. The molecule has 0 aromatic carbocycles. The van der Waals surface area contributed by atoms with Gasteiger partial charge in [-0.1, -0.05) is 32.6 Å². The third kappa shape index (κ3) is 9.93. The van der Waals surface area contributed by atoms with Crippen molar-refractivity contribution in [2.45, 2.75) is 62.3 Å². The highest BCUT2D eigenvalue weighted by Gasteiger charge is 2.21. The highest BCUT2D eigenvalue weighted by atomic mass is 32.2. The smallest absolute Gasteiger partial charge is 0.321 e. The molecule has 0 spiro atoms. The number of aliphatic hydroxyl groups is 1. The Labute approximate surface area is 215 Å². The molecule has 1 aromatic rings. The number of unbranched alkanes of at least 4 members (excludes halogenated alkanes) is 4. The summed E-state index contributed by atoms with van der Waals surface area (Å²) in [5, 5.41) is 13.1. The molecule has 2 rings (SSSR count). The molecular formula is C25H45N5O2S2. The summed E-state index contributed by atoms with van der Waals surface area (Å²) in [6, 6.07) is 2.03. The number of piperazine rings is 1. The van der Waals surface area contributed by atoms with E-state index in [9.17, 15) is 4.79 Å². The summed E-state index contributed by atoms with van der Waals surface area (Å²) in [5.41, 5.74) is 1.81. The first kappa shape index (κ1) is 29.2. The number of nitrogens with one attached hydrogen (secondary N) is 1. The van der Waals surface area contributed by atoms with E-state index in [4.69, 9.17) is 5.11 Å². The molecule has 0 aliphatic carbocycles. The van der Waals surface area contributed by atoms with Crippen molar-refractivity contribution in [2.75, 3.05) is 76.8 Å². The lowest BCUT2D eigenvalue weighted by Gasteiger charge is -2.35. The number of rotatable bonds is 15. The SMILES string of the molecule is CCCCCCCN(CCN1CCN(CCCO)CC1)C(=O)Nc1c(SC)cc(C)nc1SC. The van der Waals surface area contributed by atoms with E-state index in [0.717, 1.165) is 86.5 Å². The minimum absolute atomic E-state index is 0.0201. The second kappa shape index (κ2) is 16.6. The molecule has 0 bridgehead atoms. The van der Waals surface area contributed by atoms with E-state index < -0.39 is 0 Å². The number of hydrogen-bond acceptors (Lipinski definition) is 7. The van der Waals surface area contributed by atoms with Crippen molar-refractivity contribution in [3.63, 3.8) is 0 Å². The van der Waals surface area contributed by atoms with E-state index in [0.29, 0.717) is 0 Å². The quantitative estimate of drug-likeness (QED) is 0.263. The lowest BCUT2D eigenvalue weighted by Crippen LogP contribution is -2.49. The number of hydrogen-bond donors (Lipinski definition) is 2. The van der Waals surface area contributed by atoms with Gasteiger partial charge in [0.15, 0.2) is 0 Å². The van der Waals surface area contributed by atoms with Gasteiger partial charge in [0.05, 0.1) is 5.69 Å². The van der Waals surface area contributed by atoms with Gasteiger partial charge in [0.25, 0.3) is 0 Å². The molecule has 34 heavy (non-hydrogen) atoms. The zero-order valence-corrected chi connectivity index (χ0v) is 23.3. The van der Waals surface area contributed by atoms with E-state index in [2.05, 4.69) is 27.0 Å². The predicted molar refractivity (Wildman–Crippen MR) is 146 cm³/mol. The van der Waals surface area contributed by atoms with E-state index in [1.165, 1.54) is 25.7 Å². The molecule has 0 atom stereocenters. The Balaban J connectivity index is 1.99. The maximum absolute atomic E-state index is 13.4. The summed E-state index contributed by atoms with van der Waals surface area (Å²) >= 11 is 3.22. The first-order valence-electron chi connectivity index (χ1n) is 12.7. The number of aliphatic hydroxyl groups excluding tert-OH is 1. The summed E-state index contributed by atoms with van der Waals surface area (Å²) in [7, 11) is 0. The van der Waals surface area contributed by atoms with Crippen LogP contribution in [-0.2, 0) is 0 Å². The number of aryl methyl sites for hydroxylation is 1.